The van der Waals surface area contributed by atoms with E-state index in [0.717, 1.165) is 44.9 Å². The van der Waals surface area contributed by atoms with Crippen molar-refractivity contribution in [3.05, 3.63) is 11.6 Å². The molecule has 1 aliphatic heterocycles. The average Bonchev–Trinajstić information content (AvgIpc) is 3.30. The van der Waals surface area contributed by atoms with Crippen molar-refractivity contribution in [3.63, 3.8) is 0 Å². The van der Waals surface area contributed by atoms with Crippen LogP contribution < -0.4 is 0 Å². The SMILES string of the molecule is CC(C)=CCC[C@](C)(O[C@@H]1O[C@H](CO)[C@@H](O)[C@H](O)[C@H]1O)[C@H]1CC[C@]2(C)[C@@H]1CC[C@@H]1[C@@]3(C)CC[C@H](O)C(C)(C)[C@@H]3CC[C@]12C. The van der Waals surface area contributed by atoms with E-state index >= 15 is 0 Å². The van der Waals surface area contributed by atoms with Crippen molar-refractivity contribution >= 4 is 0 Å². The molecule has 5 rings (SSSR count). The first kappa shape index (κ1) is 33.8. The van der Waals surface area contributed by atoms with Crippen molar-refractivity contribution in [2.45, 2.75) is 162 Å². The molecule has 4 aliphatic carbocycles. The number of ether oxygens (including phenoxy) is 2. The van der Waals surface area contributed by atoms with Gasteiger partial charge in [0.05, 0.1) is 18.3 Å². The number of aliphatic hydroxyl groups excluding tert-OH is 5. The molecule has 1 saturated heterocycles. The van der Waals surface area contributed by atoms with E-state index in [1.54, 1.807) is 0 Å². The second-order valence-corrected chi connectivity index (χ2v) is 17.1. The molecular weight excluding hydrogens is 544 g/mol. The summed E-state index contributed by atoms with van der Waals surface area (Å²) in [5, 5.41) is 52.7. The molecule has 7 nitrogen and oxygen atoms in total. The fourth-order valence-electron chi connectivity index (χ4n) is 11.9. The minimum absolute atomic E-state index is 0.0625. The van der Waals surface area contributed by atoms with Crippen molar-refractivity contribution in [2.24, 2.45) is 45.3 Å². The molecule has 5 aliphatic rings. The molecule has 0 aromatic heterocycles. The maximum Gasteiger partial charge on any atom is 0.187 e. The molecule has 14 atom stereocenters. The lowest BCUT2D eigenvalue weighted by Gasteiger charge is -2.70. The standard InChI is InChI=1S/C36H62O7/c1-21(2)10-9-16-36(8,43-31-30(41)29(40)28(39)24(20-37)42-31)23-13-18-34(6)22(23)11-12-26-33(5)17-15-27(38)32(3,4)25(33)14-19-35(26,34)7/h10,22-31,37-41H,9,11-20H2,1-8H3/t22-,23+,24-,25+,26-,27+,28-,29+,30-,31+,33+,34-,35-,36+/m1/s1. The lowest BCUT2D eigenvalue weighted by molar-refractivity contribution is -0.334. The van der Waals surface area contributed by atoms with Gasteiger partial charge in [0.15, 0.2) is 6.29 Å². The highest BCUT2D eigenvalue weighted by Crippen LogP contribution is 2.76. The molecule has 0 radical (unpaired) electrons. The Balaban J connectivity index is 1.45. The van der Waals surface area contributed by atoms with Gasteiger partial charge in [-0.2, -0.15) is 0 Å². The molecule has 5 fully saturated rings. The third-order valence-electron chi connectivity index (χ3n) is 14.6. The Kier molecular flexibility index (Phi) is 9.13. The van der Waals surface area contributed by atoms with Crippen LogP contribution >= 0.6 is 0 Å². The summed E-state index contributed by atoms with van der Waals surface area (Å²) in [5.41, 5.74) is 1.13. The van der Waals surface area contributed by atoms with Gasteiger partial charge in [0.1, 0.15) is 24.4 Å². The number of rotatable bonds is 7. The third-order valence-corrected chi connectivity index (χ3v) is 14.6. The highest BCUT2D eigenvalue weighted by atomic mass is 16.7. The number of hydrogen-bond donors (Lipinski definition) is 5. The zero-order valence-corrected chi connectivity index (χ0v) is 28.2. The van der Waals surface area contributed by atoms with Gasteiger partial charge in [-0.05, 0) is 130 Å². The highest BCUT2D eigenvalue weighted by Gasteiger charge is 2.69. The lowest BCUT2D eigenvalue weighted by Crippen LogP contribution is -2.64. The first-order valence-electron chi connectivity index (χ1n) is 17.3. The van der Waals surface area contributed by atoms with Gasteiger partial charge in [-0.1, -0.05) is 46.3 Å². The summed E-state index contributed by atoms with van der Waals surface area (Å²) < 4.78 is 12.7. The van der Waals surface area contributed by atoms with Crippen LogP contribution in [0, 0.1) is 45.3 Å². The van der Waals surface area contributed by atoms with Gasteiger partial charge in [-0.3, -0.25) is 0 Å². The van der Waals surface area contributed by atoms with Gasteiger partial charge in [0.25, 0.3) is 0 Å². The van der Waals surface area contributed by atoms with E-state index in [4.69, 9.17) is 9.47 Å². The van der Waals surface area contributed by atoms with Gasteiger partial charge in [-0.25, -0.2) is 0 Å². The number of fused-ring (bicyclic) bond motifs is 5. The smallest absolute Gasteiger partial charge is 0.187 e. The van der Waals surface area contributed by atoms with Crippen LogP contribution in [0.15, 0.2) is 11.6 Å². The minimum atomic E-state index is -1.45. The fourth-order valence-corrected chi connectivity index (χ4v) is 11.9. The topological polar surface area (TPSA) is 120 Å². The van der Waals surface area contributed by atoms with Crippen LogP contribution in [0.2, 0.25) is 0 Å². The Morgan fingerprint density at radius 3 is 2.16 bits per heavy atom. The summed E-state index contributed by atoms with van der Waals surface area (Å²) in [5.74, 6) is 1.86. The maximum atomic E-state index is 11.0. The summed E-state index contributed by atoms with van der Waals surface area (Å²) in [6.45, 7) is 18.2. The van der Waals surface area contributed by atoms with Crippen LogP contribution in [-0.2, 0) is 9.47 Å². The maximum absolute atomic E-state index is 11.0. The van der Waals surface area contributed by atoms with Crippen LogP contribution in [0.25, 0.3) is 0 Å². The second-order valence-electron chi connectivity index (χ2n) is 17.1. The van der Waals surface area contributed by atoms with Crippen LogP contribution in [-0.4, -0.2) is 74.6 Å². The van der Waals surface area contributed by atoms with E-state index in [9.17, 15) is 25.5 Å². The zero-order chi connectivity index (χ0) is 31.8. The third kappa shape index (κ3) is 5.20. The van der Waals surface area contributed by atoms with Crippen LogP contribution in [0.3, 0.4) is 0 Å². The molecule has 7 heteroatoms. The number of hydrogen-bond acceptors (Lipinski definition) is 7. The van der Waals surface area contributed by atoms with E-state index in [1.165, 1.54) is 24.8 Å². The van der Waals surface area contributed by atoms with Crippen molar-refractivity contribution in [3.8, 4) is 0 Å². The van der Waals surface area contributed by atoms with Gasteiger partial charge >= 0.3 is 0 Å². The number of aliphatic hydroxyl groups is 5. The summed E-state index contributed by atoms with van der Waals surface area (Å²) >= 11 is 0. The summed E-state index contributed by atoms with van der Waals surface area (Å²) in [7, 11) is 0. The molecule has 0 bridgehead atoms. The normalized spacial score (nSPS) is 50.6. The van der Waals surface area contributed by atoms with Gasteiger partial charge in [-0.15, -0.1) is 0 Å². The molecule has 0 spiro atoms. The molecule has 0 aromatic rings. The van der Waals surface area contributed by atoms with E-state index in [0.29, 0.717) is 17.8 Å². The van der Waals surface area contributed by atoms with Crippen molar-refractivity contribution in [2.75, 3.05) is 6.61 Å². The predicted molar refractivity (Wildman–Crippen MR) is 167 cm³/mol. The molecule has 43 heavy (non-hydrogen) atoms. The Morgan fingerprint density at radius 2 is 1.51 bits per heavy atom. The van der Waals surface area contributed by atoms with Crippen molar-refractivity contribution < 1.29 is 35.0 Å². The fraction of sp³-hybridized carbons (Fsp3) is 0.944. The lowest BCUT2D eigenvalue weighted by atomic mass is 9.35. The van der Waals surface area contributed by atoms with Crippen LogP contribution in [0.4, 0.5) is 0 Å². The minimum Gasteiger partial charge on any atom is -0.394 e. The Labute approximate surface area is 260 Å². The Bertz CT molecular complexity index is 1040. The first-order chi connectivity index (χ1) is 20.0. The second kappa shape index (κ2) is 11.6. The summed E-state index contributed by atoms with van der Waals surface area (Å²) in [6.07, 6.45) is 6.12. The highest BCUT2D eigenvalue weighted by molar-refractivity contribution is 5.18. The van der Waals surface area contributed by atoms with Crippen LogP contribution in [0.1, 0.15) is 120 Å². The quantitative estimate of drug-likeness (QED) is 0.248. The van der Waals surface area contributed by atoms with Gasteiger partial charge < -0.3 is 35.0 Å². The molecule has 5 N–H and O–H groups in total. The van der Waals surface area contributed by atoms with E-state index in [1.807, 2.05) is 0 Å². The number of allylic oxidation sites excluding steroid dienone is 2. The van der Waals surface area contributed by atoms with E-state index in [2.05, 4.69) is 61.5 Å². The molecule has 0 unspecified atom stereocenters. The van der Waals surface area contributed by atoms with E-state index in [-0.39, 0.29) is 33.7 Å². The monoisotopic (exact) mass is 606 g/mol. The molecular formula is C36H62O7. The molecule has 248 valence electrons. The first-order valence-corrected chi connectivity index (χ1v) is 17.3. The van der Waals surface area contributed by atoms with Gasteiger partial charge in [0.2, 0.25) is 0 Å². The van der Waals surface area contributed by atoms with Crippen molar-refractivity contribution in [1.82, 2.24) is 0 Å². The Hall–Kier alpha value is -0.540. The average molecular weight is 607 g/mol. The largest absolute Gasteiger partial charge is 0.394 e. The predicted octanol–water partition coefficient (Wildman–Crippen LogP) is 5.35. The van der Waals surface area contributed by atoms with Gasteiger partial charge in [0, 0.05) is 0 Å². The van der Waals surface area contributed by atoms with Crippen molar-refractivity contribution in [1.29, 1.82) is 0 Å². The summed E-state index contributed by atoms with van der Waals surface area (Å²) in [6, 6.07) is 0. The molecule has 0 amide bonds. The van der Waals surface area contributed by atoms with Crippen LogP contribution in [0.5, 0.6) is 0 Å². The molecule has 1 heterocycles. The summed E-state index contributed by atoms with van der Waals surface area (Å²) in [4.78, 5) is 0. The molecule has 0 aromatic carbocycles. The molecule has 4 saturated carbocycles. The Morgan fingerprint density at radius 1 is 0.837 bits per heavy atom. The van der Waals surface area contributed by atoms with E-state index < -0.39 is 42.9 Å². The zero-order valence-electron chi connectivity index (χ0n) is 28.2.